The summed E-state index contributed by atoms with van der Waals surface area (Å²) in [5.74, 6) is -0.0311. The van der Waals surface area contributed by atoms with Gasteiger partial charge in [-0.25, -0.2) is 18.9 Å². The first-order valence-electron chi connectivity index (χ1n) is 12.0. The first-order valence-corrected chi connectivity index (χ1v) is 12.0. The van der Waals surface area contributed by atoms with Gasteiger partial charge in [-0.1, -0.05) is 0 Å². The summed E-state index contributed by atoms with van der Waals surface area (Å²) in [5, 5.41) is 22.2. The molecule has 11 heteroatoms. The molecule has 5 rings (SSSR count). The molecule has 0 spiro atoms. The van der Waals surface area contributed by atoms with Crippen molar-refractivity contribution in [3.05, 3.63) is 72.4 Å². The summed E-state index contributed by atoms with van der Waals surface area (Å²) >= 11 is 0. The van der Waals surface area contributed by atoms with Crippen LogP contribution in [0.2, 0.25) is 0 Å². The summed E-state index contributed by atoms with van der Waals surface area (Å²) in [6.45, 7) is 5.64. The number of anilines is 1. The number of pyridine rings is 1. The molecule has 196 valence electrons. The molecule has 0 atom stereocenters. The zero-order valence-electron chi connectivity index (χ0n) is 21.2. The number of hydrogen-bond donors (Lipinski definition) is 2. The lowest BCUT2D eigenvalue weighted by atomic mass is 10.1. The molecule has 0 aliphatic heterocycles. The van der Waals surface area contributed by atoms with Crippen molar-refractivity contribution < 1.29 is 23.8 Å². The number of ether oxygens (including phenoxy) is 2. The number of hydrogen-bond acceptors (Lipinski definition) is 7. The van der Waals surface area contributed by atoms with Crippen LogP contribution < -0.4 is 10.1 Å². The molecule has 3 heterocycles. The molecule has 0 saturated heterocycles. The van der Waals surface area contributed by atoms with Crippen LogP contribution in [0.5, 0.6) is 5.75 Å². The van der Waals surface area contributed by atoms with Gasteiger partial charge in [0.05, 0.1) is 36.1 Å². The lowest BCUT2D eigenvalue weighted by Crippen LogP contribution is -2.27. The summed E-state index contributed by atoms with van der Waals surface area (Å²) in [7, 11) is 0. The predicted molar refractivity (Wildman–Crippen MR) is 140 cm³/mol. The lowest BCUT2D eigenvalue weighted by Gasteiger charge is -2.20. The lowest BCUT2D eigenvalue weighted by molar-refractivity contribution is 0.0634. The van der Waals surface area contributed by atoms with E-state index < -0.39 is 17.5 Å². The van der Waals surface area contributed by atoms with Gasteiger partial charge < -0.3 is 14.6 Å². The maximum atomic E-state index is 13.9. The van der Waals surface area contributed by atoms with Crippen LogP contribution >= 0.6 is 0 Å². The van der Waals surface area contributed by atoms with Crippen LogP contribution in [0, 0.1) is 5.82 Å². The third-order valence-electron chi connectivity index (χ3n) is 5.65. The zero-order valence-corrected chi connectivity index (χ0v) is 21.2. The van der Waals surface area contributed by atoms with Gasteiger partial charge in [0.1, 0.15) is 18.0 Å². The third-order valence-corrected chi connectivity index (χ3v) is 5.65. The fraction of sp³-hybridized carbons (Fsp3) is 0.259. The Morgan fingerprint density at radius 2 is 1.97 bits per heavy atom. The molecule has 0 aliphatic carbocycles. The number of fused-ring (bicyclic) bond motifs is 2. The highest BCUT2D eigenvalue weighted by atomic mass is 19.1. The topological polar surface area (TPSA) is 116 Å². The Morgan fingerprint density at radius 3 is 2.71 bits per heavy atom. The summed E-state index contributed by atoms with van der Waals surface area (Å²) in [6, 6.07) is 11.5. The number of halogens is 1. The molecule has 5 aromatic rings. The van der Waals surface area contributed by atoms with Crippen molar-refractivity contribution in [3.63, 3.8) is 0 Å². The molecule has 0 bridgehead atoms. The molecule has 0 fully saturated rings. The van der Waals surface area contributed by atoms with Crippen molar-refractivity contribution >= 4 is 33.7 Å². The van der Waals surface area contributed by atoms with Gasteiger partial charge in [-0.3, -0.25) is 10.00 Å². The fourth-order valence-electron chi connectivity index (χ4n) is 4.05. The van der Waals surface area contributed by atoms with Crippen LogP contribution in [0.3, 0.4) is 0 Å². The quantitative estimate of drug-likeness (QED) is 0.317. The molecule has 38 heavy (non-hydrogen) atoms. The Balaban J connectivity index is 1.53. The second-order valence-corrected chi connectivity index (χ2v) is 9.67. The number of amides is 1. The van der Waals surface area contributed by atoms with E-state index in [1.54, 1.807) is 48.6 Å². The van der Waals surface area contributed by atoms with Crippen LogP contribution in [0.1, 0.15) is 26.3 Å². The molecule has 10 nitrogen and oxygen atoms in total. The summed E-state index contributed by atoms with van der Waals surface area (Å²) in [6.07, 6.45) is 4.53. The van der Waals surface area contributed by atoms with E-state index in [0.29, 0.717) is 17.4 Å². The van der Waals surface area contributed by atoms with Crippen LogP contribution in [0.25, 0.3) is 27.5 Å². The van der Waals surface area contributed by atoms with E-state index in [9.17, 15) is 14.3 Å². The largest absolute Gasteiger partial charge is 0.485 e. The number of aromatic nitrogens is 5. The number of rotatable bonds is 7. The predicted octanol–water partition coefficient (Wildman–Crippen LogP) is 4.83. The van der Waals surface area contributed by atoms with Crippen molar-refractivity contribution in [3.8, 4) is 11.4 Å². The Hall–Kier alpha value is -4.51. The van der Waals surface area contributed by atoms with E-state index in [1.165, 1.54) is 18.2 Å². The van der Waals surface area contributed by atoms with Crippen LogP contribution in [-0.4, -0.2) is 48.0 Å². The monoisotopic (exact) mass is 518 g/mol. The molecule has 0 aliphatic rings. The van der Waals surface area contributed by atoms with Crippen molar-refractivity contribution in [1.29, 1.82) is 0 Å². The molecule has 2 aromatic carbocycles. The summed E-state index contributed by atoms with van der Waals surface area (Å²) < 4.78 is 29.0. The van der Waals surface area contributed by atoms with Crippen molar-refractivity contribution in [2.75, 3.05) is 11.9 Å². The normalized spacial score (nSPS) is 11.7. The maximum absolute atomic E-state index is 13.9. The van der Waals surface area contributed by atoms with Crippen molar-refractivity contribution in [2.24, 2.45) is 0 Å². The number of carbonyl (C=O) groups excluding carboxylic acids is 1. The molecule has 0 unspecified atom stereocenters. The minimum atomic E-state index is -0.712. The van der Waals surface area contributed by atoms with Gasteiger partial charge in [-0.15, -0.1) is 0 Å². The van der Waals surface area contributed by atoms with Gasteiger partial charge in [0.2, 0.25) is 0 Å². The highest BCUT2D eigenvalue weighted by Crippen LogP contribution is 2.31. The fourth-order valence-corrected chi connectivity index (χ4v) is 4.05. The molecule has 1 amide bonds. The molecular weight excluding hydrogens is 491 g/mol. The Kier molecular flexibility index (Phi) is 6.68. The minimum absolute atomic E-state index is 0.0530. The Morgan fingerprint density at radius 1 is 1.13 bits per heavy atom. The SMILES string of the molecule is CC(C)(C)OC(=O)Nc1nc2ccc(F)cc2cc1OCc1cc2c(cnn2CCO)cc1-n1cccn1. The maximum Gasteiger partial charge on any atom is 0.413 e. The second-order valence-electron chi connectivity index (χ2n) is 9.67. The second kappa shape index (κ2) is 10.1. The van der Waals surface area contributed by atoms with Crippen LogP contribution in [-0.2, 0) is 17.9 Å². The average molecular weight is 519 g/mol. The number of nitrogens with one attached hydrogen (secondary N) is 1. The van der Waals surface area contributed by atoms with Gasteiger partial charge >= 0.3 is 6.09 Å². The summed E-state index contributed by atoms with van der Waals surface area (Å²) in [4.78, 5) is 17.0. The van der Waals surface area contributed by atoms with Crippen molar-refractivity contribution in [2.45, 2.75) is 39.5 Å². The number of carbonyl (C=O) groups is 1. The number of benzene rings is 2. The van der Waals surface area contributed by atoms with Crippen molar-refractivity contribution in [1.82, 2.24) is 24.5 Å². The number of aliphatic hydroxyl groups is 1. The molecule has 3 aromatic heterocycles. The Bertz CT molecular complexity index is 1610. The molecule has 2 N–H and O–H groups in total. The average Bonchev–Trinajstić information content (AvgIpc) is 3.52. The van der Waals surface area contributed by atoms with E-state index in [0.717, 1.165) is 22.2 Å². The van der Waals surface area contributed by atoms with E-state index in [1.807, 2.05) is 24.4 Å². The third kappa shape index (κ3) is 5.42. The van der Waals surface area contributed by atoms with Crippen LogP contribution in [0.15, 0.2) is 61.1 Å². The van der Waals surface area contributed by atoms with E-state index in [2.05, 4.69) is 20.5 Å². The van der Waals surface area contributed by atoms with Gasteiger partial charge in [0.15, 0.2) is 11.6 Å². The molecule has 0 saturated carbocycles. The summed E-state index contributed by atoms with van der Waals surface area (Å²) in [5.41, 5.74) is 2.13. The van der Waals surface area contributed by atoms with Gasteiger partial charge in [0, 0.05) is 28.7 Å². The highest BCUT2D eigenvalue weighted by Gasteiger charge is 2.20. The standard InChI is InChI=1S/C27H27FN6O4/c1-27(2,3)38-26(36)32-25-24(14-17-11-20(28)5-6-21(17)31-25)37-16-19-13-22-18(15-30-34(22)9-10-35)12-23(19)33-8-4-7-29-33/h4-8,11-15,35H,9-10,16H2,1-3H3,(H,31,32,36). The Labute approximate surface area is 217 Å². The first kappa shape index (κ1) is 25.2. The number of aliphatic hydroxyl groups excluding tert-OH is 1. The first-order chi connectivity index (χ1) is 18.2. The highest BCUT2D eigenvalue weighted by molar-refractivity contribution is 5.90. The van der Waals surface area contributed by atoms with E-state index in [-0.39, 0.29) is 24.8 Å². The smallest absolute Gasteiger partial charge is 0.413 e. The van der Waals surface area contributed by atoms with E-state index >= 15 is 0 Å². The van der Waals surface area contributed by atoms with Gasteiger partial charge in [-0.05, 0) is 63.2 Å². The van der Waals surface area contributed by atoms with Gasteiger partial charge in [-0.2, -0.15) is 10.2 Å². The van der Waals surface area contributed by atoms with E-state index in [4.69, 9.17) is 9.47 Å². The molecular formula is C27H27FN6O4. The molecule has 0 radical (unpaired) electrons. The van der Waals surface area contributed by atoms with Crippen LogP contribution in [0.4, 0.5) is 15.0 Å². The van der Waals surface area contributed by atoms with Gasteiger partial charge in [0.25, 0.3) is 0 Å². The minimum Gasteiger partial charge on any atom is -0.485 e. The zero-order chi connectivity index (χ0) is 26.9. The number of nitrogens with zero attached hydrogens (tertiary/aromatic N) is 5.